The Morgan fingerprint density at radius 2 is 1.27 bits per heavy atom. The molecule has 0 aromatic carbocycles. The topological polar surface area (TPSA) is 193 Å². The van der Waals surface area contributed by atoms with Crippen molar-refractivity contribution >= 4 is 24.9 Å². The molecule has 2 unspecified atom stereocenters. The summed E-state index contributed by atoms with van der Waals surface area (Å²) in [4.78, 5) is 46.2. The van der Waals surface area contributed by atoms with Crippen LogP contribution in [0.3, 0.4) is 0 Å². The Hall–Kier alpha value is 0.593. The van der Waals surface area contributed by atoms with Gasteiger partial charge in [-0.2, -0.15) is 0 Å². The van der Waals surface area contributed by atoms with Crippen molar-refractivity contribution in [2.75, 3.05) is 26.2 Å². The van der Waals surface area contributed by atoms with E-state index in [4.69, 9.17) is 29.4 Å². The average molecular weight is 633 g/mol. The van der Waals surface area contributed by atoms with Crippen LogP contribution in [0, 0.1) is 0 Å². The minimum atomic E-state index is -1.06. The molecule has 0 saturated carbocycles. The van der Waals surface area contributed by atoms with E-state index in [2.05, 4.69) is 14.9 Å². The van der Waals surface area contributed by atoms with E-state index >= 15 is 0 Å². The molecule has 2 rings (SSSR count). The number of amides is 1. The molecule has 2 fully saturated rings. The van der Waals surface area contributed by atoms with Crippen LogP contribution in [0.1, 0.15) is 76.6 Å². The van der Waals surface area contributed by atoms with E-state index in [0.29, 0.717) is 19.5 Å². The third-order valence-corrected chi connectivity index (χ3v) is 3.83. The number of likely N-dealkylation sites (tertiary alicyclic amines) is 1. The molecule has 2 heterocycles. The molecule has 2 aliphatic heterocycles. The number of hydrogen-bond donors (Lipinski definition) is 3. The first kappa shape index (κ1) is 47.5. The van der Waals surface area contributed by atoms with Crippen LogP contribution >= 0.6 is 0 Å². The van der Waals surface area contributed by atoms with Crippen molar-refractivity contribution in [3.05, 3.63) is 0 Å². The number of β-amino-alcohol motifs (C(OH)–C–C–N with tert-alkyl or cyclic N) is 2. The Labute approximate surface area is 323 Å². The maximum Gasteiger partial charge on any atom is 1.00 e. The number of carbonyl (C=O) groups is 4. The molecule has 0 aromatic rings. The number of aliphatic hydroxyl groups is 2. The Kier molecular flexibility index (Phi) is 28.5. The quantitative estimate of drug-likeness (QED) is 0.0479. The maximum atomic E-state index is 11.4. The van der Waals surface area contributed by atoms with Crippen molar-refractivity contribution in [1.82, 2.24) is 10.2 Å². The van der Waals surface area contributed by atoms with E-state index in [0.717, 1.165) is 19.5 Å². The van der Waals surface area contributed by atoms with Gasteiger partial charge in [0, 0.05) is 19.6 Å². The fraction of sp³-hybridized carbons (Fsp3) is 0.833. The fourth-order valence-electron chi connectivity index (χ4n) is 2.48. The molecule has 3 N–H and O–H groups in total. The van der Waals surface area contributed by atoms with Crippen molar-refractivity contribution in [1.29, 1.82) is 0 Å². The van der Waals surface area contributed by atoms with Crippen LogP contribution < -0.4 is 113 Å². The van der Waals surface area contributed by atoms with Crippen molar-refractivity contribution in [3.63, 3.8) is 0 Å². The molecule has 0 aliphatic carbocycles. The molecule has 2 aliphatic rings. The first-order valence-electron chi connectivity index (χ1n) is 12.1. The number of nitrogens with one attached hydrogen (secondary N) is 1. The molecule has 14 nitrogen and oxygen atoms in total. The van der Waals surface area contributed by atoms with E-state index < -0.39 is 29.1 Å². The van der Waals surface area contributed by atoms with Gasteiger partial charge in [0.15, 0.2) is 0 Å². The van der Waals surface area contributed by atoms with Crippen LogP contribution in [-0.2, 0) is 28.6 Å². The fourth-order valence-corrected chi connectivity index (χ4v) is 2.48. The molecule has 16 heteroatoms. The molecule has 2 atom stereocenters. The minimum absolute atomic E-state index is 0. The van der Waals surface area contributed by atoms with Crippen molar-refractivity contribution in [2.24, 2.45) is 0 Å². The van der Waals surface area contributed by atoms with E-state index in [9.17, 15) is 19.5 Å². The van der Waals surface area contributed by atoms with Crippen LogP contribution in [0.5, 0.6) is 0 Å². The van der Waals surface area contributed by atoms with Gasteiger partial charge in [-0.05, 0) is 81.7 Å². The smallest absolute Gasteiger partial charge is 1.00 e. The van der Waals surface area contributed by atoms with Crippen LogP contribution in [0.4, 0.5) is 14.4 Å². The van der Waals surface area contributed by atoms with Crippen molar-refractivity contribution in [3.8, 4) is 0 Å². The van der Waals surface area contributed by atoms with Gasteiger partial charge in [0.1, 0.15) is 16.8 Å². The zero-order valence-corrected chi connectivity index (χ0v) is 32.1. The maximum absolute atomic E-state index is 11.4. The molecule has 0 spiro atoms. The first-order chi connectivity index (χ1) is 17.2. The van der Waals surface area contributed by atoms with Gasteiger partial charge in [-0.3, -0.25) is 4.79 Å². The summed E-state index contributed by atoms with van der Waals surface area (Å²) in [6, 6.07) is 0. The number of nitrogens with zero attached hydrogens (tertiary/aromatic N) is 1. The zero-order chi connectivity index (χ0) is 30.2. The van der Waals surface area contributed by atoms with Gasteiger partial charge in [-0.1, -0.05) is 0 Å². The molecular formula is C24H46K2N2O12. The SMILES string of the molecule is CC(C)(C)OC(=O)N1CCC(O)C1.CC(C)(C)OC(=O)OC(=O)OC(C)(C)C.O=CO[O-].OC1CCNC1.[H-].[K+].[K+]. The second-order valence-corrected chi connectivity index (χ2v) is 11.2. The monoisotopic (exact) mass is 632 g/mol. The first-order valence-corrected chi connectivity index (χ1v) is 12.1. The Balaban J connectivity index is -0.000000151. The minimum Gasteiger partial charge on any atom is -1.00 e. The summed E-state index contributed by atoms with van der Waals surface area (Å²) in [6.07, 6.45) is -1.31. The summed E-state index contributed by atoms with van der Waals surface area (Å²) >= 11 is 0. The van der Waals surface area contributed by atoms with Gasteiger partial charge in [-0.15, -0.1) is 0 Å². The molecule has 0 bridgehead atoms. The van der Waals surface area contributed by atoms with Gasteiger partial charge in [-0.25, -0.2) is 14.4 Å². The van der Waals surface area contributed by atoms with Gasteiger partial charge >= 0.3 is 121 Å². The second-order valence-electron chi connectivity index (χ2n) is 11.2. The number of carbonyl (C=O) groups excluding carboxylic acids is 4. The molecule has 2 saturated heterocycles. The van der Waals surface area contributed by atoms with Gasteiger partial charge in [0.2, 0.25) is 0 Å². The molecule has 226 valence electrons. The molecule has 1 amide bonds. The average Bonchev–Trinajstić information content (AvgIpc) is 3.36. The second kappa shape index (κ2) is 24.0. The van der Waals surface area contributed by atoms with E-state index in [1.165, 1.54) is 4.90 Å². The van der Waals surface area contributed by atoms with Crippen LogP contribution in [0.2, 0.25) is 0 Å². The van der Waals surface area contributed by atoms with E-state index in [1.807, 2.05) is 20.8 Å². The Morgan fingerprint density at radius 1 is 0.850 bits per heavy atom. The number of hydrogen-bond acceptors (Lipinski definition) is 13. The summed E-state index contributed by atoms with van der Waals surface area (Å²) in [5, 5.41) is 29.3. The zero-order valence-electron chi connectivity index (χ0n) is 26.9. The van der Waals surface area contributed by atoms with E-state index in [1.54, 1.807) is 41.5 Å². The third-order valence-electron chi connectivity index (χ3n) is 3.83. The third kappa shape index (κ3) is 33.1. The summed E-state index contributed by atoms with van der Waals surface area (Å²) < 4.78 is 18.9. The Morgan fingerprint density at radius 3 is 1.50 bits per heavy atom. The Bertz CT molecular complexity index is 697. The standard InChI is InChI=1S/C10H18O5.C9H17NO3.C4H9NO.CH2O3.2K.H/c1-9(2,3)14-7(11)13-8(12)15-10(4,5)6;1-9(2,3)13-8(12)10-5-4-7(11)6-10;6-4-1-2-5-3-4;2-1-4-3;;;/h1-6H3;7,11H,4-6H2,1-3H3;4-6H,1-3H2;1,3H;;;/q;;;;2*+1;-1/p-1. The van der Waals surface area contributed by atoms with Crippen LogP contribution in [0.25, 0.3) is 0 Å². The van der Waals surface area contributed by atoms with E-state index in [-0.39, 0.29) is 129 Å². The van der Waals surface area contributed by atoms with Crippen molar-refractivity contribution in [2.45, 2.75) is 104 Å². The van der Waals surface area contributed by atoms with Gasteiger partial charge in [0.25, 0.3) is 6.47 Å². The normalized spacial score (nSPS) is 17.8. The van der Waals surface area contributed by atoms with Gasteiger partial charge < -0.3 is 50.9 Å². The predicted molar refractivity (Wildman–Crippen MR) is 134 cm³/mol. The largest absolute Gasteiger partial charge is 1.00 e. The van der Waals surface area contributed by atoms with Gasteiger partial charge in [0.05, 0.1) is 12.2 Å². The van der Waals surface area contributed by atoms with Crippen LogP contribution in [-0.4, -0.2) is 95.2 Å². The number of ether oxygens (including phenoxy) is 4. The molecular weight excluding hydrogens is 586 g/mol. The van der Waals surface area contributed by atoms with Crippen molar-refractivity contribution < 1.29 is 163 Å². The predicted octanol–water partition coefficient (Wildman–Crippen LogP) is -4.24. The molecule has 0 radical (unpaired) electrons. The summed E-state index contributed by atoms with van der Waals surface area (Å²) in [5.41, 5.74) is -1.84. The molecule has 40 heavy (non-hydrogen) atoms. The molecule has 0 aromatic heterocycles. The summed E-state index contributed by atoms with van der Waals surface area (Å²) in [6.45, 7) is 18.1. The number of rotatable bonds is 1. The summed E-state index contributed by atoms with van der Waals surface area (Å²) in [7, 11) is 0. The van der Waals surface area contributed by atoms with Crippen LogP contribution in [0.15, 0.2) is 0 Å². The summed E-state index contributed by atoms with van der Waals surface area (Å²) in [5.74, 6) is 0. The number of aliphatic hydroxyl groups excluding tert-OH is 2.